The van der Waals surface area contributed by atoms with Crippen LogP contribution in [0.2, 0.25) is 0 Å². The lowest BCUT2D eigenvalue weighted by Crippen LogP contribution is -2.45. The molecule has 0 spiro atoms. The van der Waals surface area contributed by atoms with Crippen molar-refractivity contribution in [2.75, 3.05) is 6.61 Å². The van der Waals surface area contributed by atoms with Gasteiger partial charge in [0.1, 0.15) is 0 Å². The molecule has 0 aliphatic heterocycles. The fourth-order valence-corrected chi connectivity index (χ4v) is 9.16. The molecule has 0 bridgehead atoms. The first-order valence-electron chi connectivity index (χ1n) is 29.2. The van der Waals surface area contributed by atoms with Gasteiger partial charge in [0.2, 0.25) is 5.91 Å². The number of aliphatic hydroxyl groups is 2. The highest BCUT2D eigenvalue weighted by molar-refractivity contribution is 5.76. The quantitative estimate of drug-likeness (QED) is 0.0421. The average Bonchev–Trinajstić information content (AvgIpc) is 3.30. The van der Waals surface area contributed by atoms with Gasteiger partial charge < -0.3 is 15.5 Å². The summed E-state index contributed by atoms with van der Waals surface area (Å²) in [7, 11) is 0. The first-order chi connectivity index (χ1) is 31.7. The van der Waals surface area contributed by atoms with Crippen LogP contribution < -0.4 is 5.32 Å². The van der Waals surface area contributed by atoms with Crippen molar-refractivity contribution < 1.29 is 15.0 Å². The second-order valence-electron chi connectivity index (χ2n) is 20.1. The standard InChI is InChI=1S/C60H115NO3/c1-3-5-7-9-11-13-15-17-19-21-23-25-27-28-29-30-31-32-33-34-35-37-39-41-43-45-47-49-51-53-55-59(63)58(57-62)61-60(64)56-54-52-50-48-46-44-42-40-38-36-26-24-22-20-18-16-14-12-10-8-6-4-2/h37,39,45,47,53,55,58-59,62-63H,3-36,38,40-44,46,48-52,54,56-57H2,1-2H3,(H,61,64)/b39-37+,47-45+,55-53+. The third kappa shape index (κ3) is 51.6. The van der Waals surface area contributed by atoms with Gasteiger partial charge in [-0.1, -0.05) is 307 Å². The number of hydrogen-bond acceptors (Lipinski definition) is 3. The van der Waals surface area contributed by atoms with Gasteiger partial charge >= 0.3 is 0 Å². The molecule has 0 aromatic carbocycles. The molecule has 3 N–H and O–H groups in total. The maximum atomic E-state index is 12.5. The normalized spacial score (nSPS) is 13.0. The van der Waals surface area contributed by atoms with Crippen LogP contribution in [0.25, 0.3) is 0 Å². The minimum Gasteiger partial charge on any atom is -0.394 e. The number of hydrogen-bond donors (Lipinski definition) is 3. The fraction of sp³-hybridized carbons (Fsp3) is 0.883. The van der Waals surface area contributed by atoms with E-state index in [1.54, 1.807) is 6.08 Å². The number of amides is 1. The van der Waals surface area contributed by atoms with E-state index >= 15 is 0 Å². The molecule has 0 aliphatic carbocycles. The molecule has 0 rings (SSSR count). The zero-order chi connectivity index (χ0) is 46.3. The summed E-state index contributed by atoms with van der Waals surface area (Å²) in [5, 5.41) is 23.2. The van der Waals surface area contributed by atoms with Crippen LogP contribution in [0.1, 0.15) is 322 Å². The number of carbonyl (C=O) groups excluding carboxylic acids is 1. The smallest absolute Gasteiger partial charge is 0.220 e. The third-order valence-electron chi connectivity index (χ3n) is 13.6. The third-order valence-corrected chi connectivity index (χ3v) is 13.6. The summed E-state index contributed by atoms with van der Waals surface area (Å²) in [6.45, 7) is 4.33. The molecule has 0 heterocycles. The lowest BCUT2D eigenvalue weighted by molar-refractivity contribution is -0.123. The van der Waals surface area contributed by atoms with E-state index in [1.807, 2.05) is 6.08 Å². The van der Waals surface area contributed by atoms with Crippen LogP contribution in [0.3, 0.4) is 0 Å². The summed E-state index contributed by atoms with van der Waals surface area (Å²) >= 11 is 0. The first kappa shape index (κ1) is 62.6. The number of aliphatic hydroxyl groups excluding tert-OH is 2. The molecule has 0 saturated heterocycles. The summed E-state index contributed by atoms with van der Waals surface area (Å²) in [6.07, 6.45) is 76.1. The van der Waals surface area contributed by atoms with Gasteiger partial charge in [-0.2, -0.15) is 0 Å². The number of unbranched alkanes of at least 4 members (excludes halogenated alkanes) is 43. The van der Waals surface area contributed by atoms with Crippen molar-refractivity contribution in [3.8, 4) is 0 Å². The van der Waals surface area contributed by atoms with Crippen molar-refractivity contribution >= 4 is 5.91 Å². The Hall–Kier alpha value is -1.39. The highest BCUT2D eigenvalue weighted by Gasteiger charge is 2.18. The molecule has 0 fully saturated rings. The maximum Gasteiger partial charge on any atom is 0.220 e. The molecule has 378 valence electrons. The maximum absolute atomic E-state index is 12.5. The van der Waals surface area contributed by atoms with E-state index in [0.717, 1.165) is 38.5 Å². The van der Waals surface area contributed by atoms with E-state index in [1.165, 1.54) is 263 Å². The second-order valence-corrected chi connectivity index (χ2v) is 20.1. The predicted octanol–water partition coefficient (Wildman–Crippen LogP) is 19.3. The van der Waals surface area contributed by atoms with Crippen molar-refractivity contribution in [2.45, 2.75) is 334 Å². The van der Waals surface area contributed by atoms with Crippen LogP contribution >= 0.6 is 0 Å². The van der Waals surface area contributed by atoms with E-state index in [-0.39, 0.29) is 12.5 Å². The molecule has 1 amide bonds. The molecule has 2 unspecified atom stereocenters. The van der Waals surface area contributed by atoms with Gasteiger partial charge in [0.15, 0.2) is 0 Å². The Kier molecular flexibility index (Phi) is 54.7. The zero-order valence-electron chi connectivity index (χ0n) is 43.6. The lowest BCUT2D eigenvalue weighted by atomic mass is 10.0. The zero-order valence-corrected chi connectivity index (χ0v) is 43.6. The Morgan fingerprint density at radius 2 is 0.609 bits per heavy atom. The highest BCUT2D eigenvalue weighted by atomic mass is 16.3. The minimum atomic E-state index is -0.869. The van der Waals surface area contributed by atoms with Gasteiger partial charge in [0, 0.05) is 6.42 Å². The Morgan fingerprint density at radius 3 is 0.906 bits per heavy atom. The van der Waals surface area contributed by atoms with Crippen LogP contribution in [0.15, 0.2) is 36.5 Å². The fourth-order valence-electron chi connectivity index (χ4n) is 9.16. The van der Waals surface area contributed by atoms with Gasteiger partial charge in [0.05, 0.1) is 18.8 Å². The number of carbonyl (C=O) groups is 1. The van der Waals surface area contributed by atoms with Gasteiger partial charge in [-0.25, -0.2) is 0 Å². The molecule has 4 nitrogen and oxygen atoms in total. The molecule has 64 heavy (non-hydrogen) atoms. The van der Waals surface area contributed by atoms with Crippen LogP contribution in [-0.4, -0.2) is 34.9 Å². The van der Waals surface area contributed by atoms with E-state index in [4.69, 9.17) is 0 Å². The number of allylic oxidation sites excluding steroid dienone is 5. The van der Waals surface area contributed by atoms with E-state index in [2.05, 4.69) is 43.5 Å². The number of nitrogens with one attached hydrogen (secondary N) is 1. The van der Waals surface area contributed by atoms with Gasteiger partial charge in [-0.15, -0.1) is 0 Å². The monoisotopic (exact) mass is 898 g/mol. The van der Waals surface area contributed by atoms with Crippen LogP contribution in [0, 0.1) is 0 Å². The van der Waals surface area contributed by atoms with Crippen molar-refractivity contribution in [1.29, 1.82) is 0 Å². The van der Waals surface area contributed by atoms with Crippen LogP contribution in [0.5, 0.6) is 0 Å². The first-order valence-corrected chi connectivity index (χ1v) is 29.2. The molecule has 0 radical (unpaired) electrons. The van der Waals surface area contributed by atoms with E-state index in [0.29, 0.717) is 6.42 Å². The SMILES string of the molecule is CCCCCCCCCCCCCCCCCCCCCC/C=C/CC/C=C/CC/C=C/C(O)C(CO)NC(=O)CCCCCCCCCCCCCCCCCCCCCCCC. The average molecular weight is 899 g/mol. The summed E-state index contributed by atoms with van der Waals surface area (Å²) in [5.74, 6) is -0.0719. The number of rotatable bonds is 54. The lowest BCUT2D eigenvalue weighted by Gasteiger charge is -2.19. The summed E-state index contributed by atoms with van der Waals surface area (Å²) in [4.78, 5) is 12.5. The Labute approximate surface area is 402 Å². The van der Waals surface area contributed by atoms with E-state index < -0.39 is 12.1 Å². The molecular weight excluding hydrogens is 783 g/mol. The topological polar surface area (TPSA) is 69.6 Å². The summed E-state index contributed by atoms with van der Waals surface area (Å²) < 4.78 is 0. The minimum absolute atomic E-state index is 0.0719. The second kappa shape index (κ2) is 55.9. The van der Waals surface area contributed by atoms with Crippen LogP contribution in [0.4, 0.5) is 0 Å². The van der Waals surface area contributed by atoms with Crippen molar-refractivity contribution in [3.63, 3.8) is 0 Å². The molecular formula is C60H115NO3. The molecule has 0 aliphatic rings. The van der Waals surface area contributed by atoms with Gasteiger partial charge in [-0.3, -0.25) is 4.79 Å². The highest BCUT2D eigenvalue weighted by Crippen LogP contribution is 2.18. The Bertz CT molecular complexity index is 974. The van der Waals surface area contributed by atoms with E-state index in [9.17, 15) is 15.0 Å². The van der Waals surface area contributed by atoms with Crippen molar-refractivity contribution in [1.82, 2.24) is 5.32 Å². The van der Waals surface area contributed by atoms with Gasteiger partial charge in [0.25, 0.3) is 0 Å². The summed E-state index contributed by atoms with van der Waals surface area (Å²) in [5.41, 5.74) is 0. The largest absolute Gasteiger partial charge is 0.394 e. The molecule has 2 atom stereocenters. The van der Waals surface area contributed by atoms with Gasteiger partial charge in [-0.05, 0) is 44.9 Å². The van der Waals surface area contributed by atoms with Crippen LogP contribution in [-0.2, 0) is 4.79 Å². The molecule has 0 aromatic heterocycles. The molecule has 4 heteroatoms. The molecule has 0 saturated carbocycles. The molecule has 0 aromatic rings. The summed E-state index contributed by atoms with van der Waals surface area (Å²) in [6, 6.07) is -0.644. The predicted molar refractivity (Wildman–Crippen MR) is 285 cm³/mol. The van der Waals surface area contributed by atoms with Crippen molar-refractivity contribution in [3.05, 3.63) is 36.5 Å². The Morgan fingerprint density at radius 1 is 0.359 bits per heavy atom. The Balaban J connectivity index is 3.52. The van der Waals surface area contributed by atoms with Crippen molar-refractivity contribution in [2.24, 2.45) is 0 Å².